The Hall–Kier alpha value is -3.80. The van der Waals surface area contributed by atoms with E-state index in [-0.39, 0.29) is 10.9 Å². The number of hydrogen-bond acceptors (Lipinski definition) is 3. The second-order valence-electron chi connectivity index (χ2n) is 7.44. The molecule has 0 unspecified atom stereocenters. The van der Waals surface area contributed by atoms with Crippen LogP contribution >= 0.6 is 12.2 Å². The maximum Gasteiger partial charge on any atom is 0.200 e. The summed E-state index contributed by atoms with van der Waals surface area (Å²) in [5.41, 5.74) is 1.87. The highest BCUT2D eigenvalue weighted by atomic mass is 32.1. The first-order valence-electron chi connectivity index (χ1n) is 9.91. The fourth-order valence-electron chi connectivity index (χ4n) is 3.14. The monoisotopic (exact) mass is 492 g/mol. The molecule has 0 atom stereocenters. The van der Waals surface area contributed by atoms with Gasteiger partial charge in [-0.1, -0.05) is 29.8 Å². The molecule has 2 N–H and O–H groups in total. The molecule has 0 spiro atoms. The fraction of sp³-hybridized carbons (Fsp3) is 0.136. The zero-order chi connectivity index (χ0) is 24.4. The number of halogens is 5. The molecule has 0 saturated heterocycles. The quantitative estimate of drug-likeness (QED) is 0.172. The number of nitrogens with one attached hydrogen (secondary N) is 2. The van der Waals surface area contributed by atoms with E-state index in [2.05, 4.69) is 20.8 Å². The molecule has 0 amide bonds. The van der Waals surface area contributed by atoms with Crippen molar-refractivity contribution < 1.29 is 22.0 Å². The van der Waals surface area contributed by atoms with E-state index in [9.17, 15) is 22.0 Å². The van der Waals surface area contributed by atoms with Crippen LogP contribution in [0.2, 0.25) is 0 Å². The van der Waals surface area contributed by atoms with E-state index in [1.165, 1.54) is 12.3 Å². The van der Waals surface area contributed by atoms with Crippen molar-refractivity contribution >= 4 is 28.8 Å². The number of benzene rings is 2. The van der Waals surface area contributed by atoms with Gasteiger partial charge in [0, 0.05) is 18.5 Å². The van der Waals surface area contributed by atoms with Gasteiger partial charge in [0.15, 0.2) is 34.2 Å². The van der Waals surface area contributed by atoms with E-state index < -0.39 is 41.2 Å². The second kappa shape index (κ2) is 9.59. The van der Waals surface area contributed by atoms with Crippen LogP contribution in [0.5, 0.6) is 0 Å². The van der Waals surface area contributed by atoms with Crippen LogP contribution in [0.1, 0.15) is 16.7 Å². The van der Waals surface area contributed by atoms with Gasteiger partial charge in [0.05, 0.1) is 30.5 Å². The molecule has 2 heterocycles. The summed E-state index contributed by atoms with van der Waals surface area (Å²) >= 11 is 5.23. The van der Waals surface area contributed by atoms with Crippen molar-refractivity contribution in [3.8, 4) is 0 Å². The first kappa shape index (κ1) is 23.4. The molecule has 0 aliphatic heterocycles. The second-order valence-corrected chi connectivity index (χ2v) is 7.85. The molecule has 0 fully saturated rings. The highest BCUT2D eigenvalue weighted by molar-refractivity contribution is 7.80. The third-order valence-electron chi connectivity index (χ3n) is 4.86. The summed E-state index contributed by atoms with van der Waals surface area (Å²) in [5.74, 6) is -9.82. The van der Waals surface area contributed by atoms with Crippen molar-refractivity contribution in [1.29, 1.82) is 0 Å². The lowest BCUT2D eigenvalue weighted by Crippen LogP contribution is -2.19. The van der Waals surface area contributed by atoms with Gasteiger partial charge < -0.3 is 10.6 Å². The Balaban J connectivity index is 1.37. The van der Waals surface area contributed by atoms with Crippen molar-refractivity contribution in [3.05, 3.63) is 94.7 Å². The predicted octanol–water partition coefficient (Wildman–Crippen LogP) is 4.99. The molecule has 4 rings (SSSR count). The van der Waals surface area contributed by atoms with E-state index in [1.54, 1.807) is 17.1 Å². The predicted molar refractivity (Wildman–Crippen MR) is 120 cm³/mol. The van der Waals surface area contributed by atoms with Gasteiger partial charge in [-0.25, -0.2) is 22.0 Å². The Bertz CT molecular complexity index is 1320. The zero-order valence-corrected chi connectivity index (χ0v) is 18.4. The number of rotatable bonds is 6. The summed E-state index contributed by atoms with van der Waals surface area (Å²) in [6.07, 6.45) is 4.65. The Kier molecular flexibility index (Phi) is 6.59. The lowest BCUT2D eigenvalue weighted by Gasteiger charge is -2.09. The molecule has 0 aliphatic rings. The fourth-order valence-corrected chi connectivity index (χ4v) is 3.36. The summed E-state index contributed by atoms with van der Waals surface area (Å²) in [7, 11) is 0. The summed E-state index contributed by atoms with van der Waals surface area (Å²) < 4.78 is 70.5. The summed E-state index contributed by atoms with van der Waals surface area (Å²) in [6.45, 7) is 1.92. The first-order chi connectivity index (χ1) is 16.2. The van der Waals surface area contributed by atoms with Crippen LogP contribution in [0.25, 0.3) is 0 Å². The molecule has 12 heteroatoms. The van der Waals surface area contributed by atoms with Gasteiger partial charge in [-0.05, 0) is 24.7 Å². The van der Waals surface area contributed by atoms with E-state index in [4.69, 9.17) is 12.2 Å². The number of anilines is 2. The molecule has 0 saturated carbocycles. The van der Waals surface area contributed by atoms with E-state index in [0.29, 0.717) is 12.2 Å². The molecule has 2 aromatic heterocycles. The highest BCUT2D eigenvalue weighted by Crippen LogP contribution is 2.24. The third-order valence-corrected chi connectivity index (χ3v) is 5.06. The van der Waals surface area contributed by atoms with Gasteiger partial charge in [0.2, 0.25) is 5.82 Å². The lowest BCUT2D eigenvalue weighted by atomic mass is 10.1. The largest absolute Gasteiger partial charge is 0.330 e. The smallest absolute Gasteiger partial charge is 0.200 e. The average Bonchev–Trinajstić information content (AvgIpc) is 3.44. The SMILES string of the molecule is Cc1ccc(Cn2cc(NC(=S)Nc3ccn(Cc4c(F)c(F)c(F)c(F)c4F)n3)cn2)cc1. The molecule has 0 radical (unpaired) electrons. The van der Waals surface area contributed by atoms with Crippen LogP contribution in [-0.4, -0.2) is 24.7 Å². The minimum Gasteiger partial charge on any atom is -0.330 e. The molecule has 176 valence electrons. The standard InChI is InChI=1S/C22H17F5N6S/c1-12-2-4-13(5-3-12)9-33-10-14(8-28-33)29-22(34)30-16-6-7-32(31-16)11-15-17(23)19(25)21(27)20(26)18(15)24/h2-8,10H,9,11H2,1H3,(H2,29,30,31,34). The van der Waals surface area contributed by atoms with Crippen molar-refractivity contribution in [2.24, 2.45) is 0 Å². The molecule has 34 heavy (non-hydrogen) atoms. The molecule has 6 nitrogen and oxygen atoms in total. The minimum atomic E-state index is -2.21. The highest BCUT2D eigenvalue weighted by Gasteiger charge is 2.25. The number of thiocarbonyl (C=S) groups is 1. The zero-order valence-electron chi connectivity index (χ0n) is 17.6. The van der Waals surface area contributed by atoms with Crippen LogP contribution < -0.4 is 10.6 Å². The van der Waals surface area contributed by atoms with Crippen LogP contribution in [0, 0.1) is 36.0 Å². The number of aromatic nitrogens is 4. The minimum absolute atomic E-state index is 0.163. The average molecular weight is 492 g/mol. The van der Waals surface area contributed by atoms with Gasteiger partial charge in [-0.3, -0.25) is 9.36 Å². The third kappa shape index (κ3) is 5.06. The Morgan fingerprint density at radius 1 is 0.853 bits per heavy atom. The molecule has 2 aromatic carbocycles. The van der Waals surface area contributed by atoms with E-state index in [1.807, 2.05) is 31.2 Å². The normalized spacial score (nSPS) is 11.0. The van der Waals surface area contributed by atoms with Crippen molar-refractivity contribution in [1.82, 2.24) is 19.6 Å². The topological polar surface area (TPSA) is 59.7 Å². The molecule has 4 aromatic rings. The van der Waals surface area contributed by atoms with Gasteiger partial charge in [-0.2, -0.15) is 10.2 Å². The summed E-state index contributed by atoms with van der Waals surface area (Å²) in [5, 5.41) is 14.1. The van der Waals surface area contributed by atoms with E-state index >= 15 is 0 Å². The molecule has 0 bridgehead atoms. The van der Waals surface area contributed by atoms with Crippen molar-refractivity contribution in [3.63, 3.8) is 0 Å². The maximum atomic E-state index is 13.9. The number of aryl methyl sites for hydroxylation is 1. The summed E-state index contributed by atoms with van der Waals surface area (Å²) in [4.78, 5) is 0. The van der Waals surface area contributed by atoms with Gasteiger partial charge >= 0.3 is 0 Å². The van der Waals surface area contributed by atoms with Crippen LogP contribution in [0.4, 0.5) is 33.5 Å². The molecular weight excluding hydrogens is 475 g/mol. The number of hydrogen-bond donors (Lipinski definition) is 2. The Morgan fingerprint density at radius 3 is 2.18 bits per heavy atom. The molecular formula is C22H17F5N6S. The Labute approximate surface area is 196 Å². The lowest BCUT2D eigenvalue weighted by molar-refractivity contribution is 0.367. The maximum absolute atomic E-state index is 13.9. The van der Waals surface area contributed by atoms with Gasteiger partial charge in [0.25, 0.3) is 0 Å². The Morgan fingerprint density at radius 2 is 1.50 bits per heavy atom. The molecule has 0 aliphatic carbocycles. The van der Waals surface area contributed by atoms with Crippen LogP contribution in [-0.2, 0) is 13.1 Å². The van der Waals surface area contributed by atoms with E-state index in [0.717, 1.165) is 15.8 Å². The van der Waals surface area contributed by atoms with Gasteiger partial charge in [0.1, 0.15) is 0 Å². The first-order valence-corrected chi connectivity index (χ1v) is 10.3. The van der Waals surface area contributed by atoms with Crippen LogP contribution in [0.3, 0.4) is 0 Å². The van der Waals surface area contributed by atoms with Crippen molar-refractivity contribution in [2.45, 2.75) is 20.0 Å². The summed E-state index contributed by atoms with van der Waals surface area (Å²) in [6, 6.07) is 9.49. The van der Waals surface area contributed by atoms with Gasteiger partial charge in [-0.15, -0.1) is 0 Å². The van der Waals surface area contributed by atoms with Crippen LogP contribution in [0.15, 0.2) is 48.9 Å². The number of nitrogens with zero attached hydrogens (tertiary/aromatic N) is 4. The van der Waals surface area contributed by atoms with Crippen molar-refractivity contribution in [2.75, 3.05) is 10.6 Å².